The summed E-state index contributed by atoms with van der Waals surface area (Å²) < 4.78 is 47.1. The van der Waals surface area contributed by atoms with Gasteiger partial charge in [-0.15, -0.1) is 0 Å². The van der Waals surface area contributed by atoms with E-state index in [9.17, 15) is 23.1 Å². The Balaban J connectivity index is 1.87. The Morgan fingerprint density at radius 3 is 2.12 bits per heavy atom. The van der Waals surface area contributed by atoms with Crippen molar-refractivity contribution in [2.45, 2.75) is 58.5 Å². The van der Waals surface area contributed by atoms with Crippen LogP contribution >= 0.6 is 11.6 Å². The van der Waals surface area contributed by atoms with Gasteiger partial charge in [-0.3, -0.25) is 9.67 Å². The van der Waals surface area contributed by atoms with E-state index in [1.807, 2.05) is 57.2 Å². The molecule has 0 aliphatic carbocycles. The molecule has 1 unspecified atom stereocenters. The second-order valence-corrected chi connectivity index (χ2v) is 11.2. The van der Waals surface area contributed by atoms with E-state index < -0.39 is 28.8 Å². The fourth-order valence-corrected chi connectivity index (χ4v) is 4.80. The number of carbonyl (C=O) groups is 1. The topological polar surface area (TPSA) is 76.7 Å². The number of ether oxygens (including phenoxy) is 1. The smallest absolute Gasteiger partial charge is 0.416 e. The van der Waals surface area contributed by atoms with Crippen molar-refractivity contribution < 1.29 is 27.8 Å². The van der Waals surface area contributed by atoms with E-state index >= 15 is 0 Å². The fourth-order valence-electron chi connectivity index (χ4n) is 4.58. The first-order valence-electron chi connectivity index (χ1n) is 13.2. The molecule has 6 nitrogen and oxygen atoms in total. The van der Waals surface area contributed by atoms with Crippen LogP contribution in [0.1, 0.15) is 57.0 Å². The molecule has 1 N–H and O–H groups in total. The number of alkyl halides is 3. The van der Waals surface area contributed by atoms with Crippen molar-refractivity contribution in [3.8, 4) is 17.0 Å². The van der Waals surface area contributed by atoms with Gasteiger partial charge in [0, 0.05) is 11.3 Å². The minimum Gasteiger partial charge on any atom is -0.478 e. The maximum atomic E-state index is 13.2. The Morgan fingerprint density at radius 1 is 0.952 bits per heavy atom. The predicted octanol–water partition coefficient (Wildman–Crippen LogP) is 8.26. The Labute approximate surface area is 247 Å². The quantitative estimate of drug-likeness (QED) is 0.197. The van der Waals surface area contributed by atoms with Crippen molar-refractivity contribution in [3.05, 3.63) is 106 Å². The minimum absolute atomic E-state index is 0.203. The number of aliphatic carboxylic acids is 1. The first-order valence-corrected chi connectivity index (χ1v) is 13.5. The summed E-state index contributed by atoms with van der Waals surface area (Å²) in [5.74, 6) is -0.935. The third-order valence-corrected chi connectivity index (χ3v) is 7.08. The van der Waals surface area contributed by atoms with Crippen LogP contribution in [0.2, 0.25) is 5.02 Å². The van der Waals surface area contributed by atoms with Crippen molar-refractivity contribution in [2.75, 3.05) is 0 Å². The lowest BCUT2D eigenvalue weighted by Gasteiger charge is -2.29. The van der Waals surface area contributed by atoms with Gasteiger partial charge in [0.1, 0.15) is 11.3 Å². The van der Waals surface area contributed by atoms with Crippen LogP contribution in [0, 0.1) is 0 Å². The fraction of sp³-hybridized carbons (Fsp3) is 0.281. The first kappa shape index (κ1) is 30.8. The second kappa shape index (κ2) is 11.6. The third kappa shape index (κ3) is 6.68. The number of nitrogens with zero attached hydrogens (tertiary/aromatic N) is 3. The van der Waals surface area contributed by atoms with Crippen molar-refractivity contribution in [1.82, 2.24) is 9.78 Å². The Morgan fingerprint density at radius 2 is 1.57 bits per heavy atom. The van der Waals surface area contributed by atoms with Crippen LogP contribution in [0.5, 0.6) is 5.75 Å². The standard InChI is InChI=1S/C32H31ClF3N3O3/c1-20(2)37-31(5,24-15-16-27(25(33)17-24)42-30(3,4)29(40)41)28-18-26(22-11-13-23(14-12-22)32(34,35)36)38-39(28)19-21-9-7-6-8-10-21/h6-18H,19H2,1-5H3,(H,40,41). The third-order valence-electron chi connectivity index (χ3n) is 6.78. The number of rotatable bonds is 9. The molecule has 220 valence electrons. The molecule has 0 spiro atoms. The number of carboxylic acid groups (broad SMARTS) is 1. The molecule has 42 heavy (non-hydrogen) atoms. The van der Waals surface area contributed by atoms with Gasteiger partial charge in [-0.05, 0) is 76.1 Å². The molecule has 0 saturated carbocycles. The Kier molecular flexibility index (Phi) is 8.55. The van der Waals surface area contributed by atoms with Crippen LogP contribution in [0.25, 0.3) is 11.3 Å². The highest BCUT2D eigenvalue weighted by Crippen LogP contribution is 2.40. The summed E-state index contributed by atoms with van der Waals surface area (Å²) in [6.45, 7) is 8.87. The molecule has 0 fully saturated rings. The molecule has 0 radical (unpaired) electrons. The van der Waals surface area contributed by atoms with E-state index in [4.69, 9.17) is 26.4 Å². The highest BCUT2D eigenvalue weighted by Gasteiger charge is 2.35. The van der Waals surface area contributed by atoms with E-state index in [0.717, 1.165) is 23.4 Å². The zero-order chi connectivity index (χ0) is 30.9. The summed E-state index contributed by atoms with van der Waals surface area (Å²) in [6, 6.07) is 21.4. The molecule has 1 atom stereocenters. The molecule has 1 aromatic heterocycles. The maximum Gasteiger partial charge on any atom is 0.416 e. The van der Waals surface area contributed by atoms with Crippen LogP contribution in [-0.2, 0) is 23.1 Å². The van der Waals surface area contributed by atoms with Gasteiger partial charge in [0.15, 0.2) is 5.60 Å². The van der Waals surface area contributed by atoms with Crippen LogP contribution in [-0.4, -0.2) is 32.2 Å². The number of halogens is 4. The van der Waals surface area contributed by atoms with Gasteiger partial charge in [0.25, 0.3) is 0 Å². The zero-order valence-electron chi connectivity index (χ0n) is 23.8. The van der Waals surface area contributed by atoms with Crippen molar-refractivity contribution in [3.63, 3.8) is 0 Å². The maximum absolute atomic E-state index is 13.2. The van der Waals surface area contributed by atoms with E-state index in [-0.39, 0.29) is 10.8 Å². The summed E-state index contributed by atoms with van der Waals surface area (Å²) in [4.78, 5) is 16.6. The average Bonchev–Trinajstić information content (AvgIpc) is 3.34. The van der Waals surface area contributed by atoms with E-state index in [0.29, 0.717) is 29.1 Å². The number of hydrogen-bond acceptors (Lipinski definition) is 4. The Hall–Kier alpha value is -4.11. The molecular formula is C32H31ClF3N3O3. The molecule has 1 heterocycles. The number of aromatic nitrogens is 2. The molecule has 0 aliphatic heterocycles. The highest BCUT2D eigenvalue weighted by atomic mass is 35.5. The minimum atomic E-state index is -4.45. The Bertz CT molecular complexity index is 1610. The molecule has 3 aromatic carbocycles. The van der Waals surface area contributed by atoms with Crippen LogP contribution < -0.4 is 4.74 Å². The van der Waals surface area contributed by atoms with E-state index in [1.165, 1.54) is 26.0 Å². The molecule has 4 aromatic rings. The summed E-state index contributed by atoms with van der Waals surface area (Å²) >= 11 is 6.61. The summed E-state index contributed by atoms with van der Waals surface area (Å²) in [6.07, 6.45) is -4.45. The average molecular weight is 598 g/mol. The van der Waals surface area contributed by atoms with E-state index in [1.54, 1.807) is 22.9 Å². The number of hydrogen-bond donors (Lipinski definition) is 1. The van der Waals surface area contributed by atoms with Gasteiger partial charge < -0.3 is 9.84 Å². The predicted molar refractivity (Wildman–Crippen MR) is 157 cm³/mol. The van der Waals surface area contributed by atoms with E-state index in [2.05, 4.69) is 0 Å². The number of carboxylic acids is 1. The lowest BCUT2D eigenvalue weighted by Crippen LogP contribution is -2.38. The SMILES string of the molecule is CC(C)=NC(C)(c1ccc(OC(C)(C)C(=O)O)c(Cl)c1)c1cc(-c2ccc(C(F)(F)F)cc2)nn1Cc1ccccc1. The summed E-state index contributed by atoms with van der Waals surface area (Å²) in [5, 5.41) is 14.5. The molecule has 4 rings (SSSR count). The highest BCUT2D eigenvalue weighted by molar-refractivity contribution is 6.32. The normalized spacial score (nSPS) is 13.4. The van der Waals surface area contributed by atoms with Crippen molar-refractivity contribution in [1.29, 1.82) is 0 Å². The molecule has 0 saturated heterocycles. The largest absolute Gasteiger partial charge is 0.478 e. The van der Waals surface area contributed by atoms with Crippen LogP contribution in [0.3, 0.4) is 0 Å². The van der Waals surface area contributed by atoms with Gasteiger partial charge >= 0.3 is 12.1 Å². The first-order chi connectivity index (χ1) is 19.6. The van der Waals surface area contributed by atoms with Gasteiger partial charge in [-0.25, -0.2) is 4.79 Å². The zero-order valence-corrected chi connectivity index (χ0v) is 24.6. The van der Waals surface area contributed by atoms with Crippen molar-refractivity contribution >= 4 is 23.3 Å². The van der Waals surface area contributed by atoms with Crippen LogP contribution in [0.4, 0.5) is 13.2 Å². The lowest BCUT2D eigenvalue weighted by atomic mass is 9.88. The van der Waals surface area contributed by atoms with Gasteiger partial charge in [-0.1, -0.05) is 60.1 Å². The van der Waals surface area contributed by atoms with Gasteiger partial charge in [0.05, 0.1) is 28.5 Å². The molecule has 10 heteroatoms. The van der Waals surface area contributed by atoms with Crippen molar-refractivity contribution in [2.24, 2.45) is 4.99 Å². The molecule has 0 aliphatic rings. The molecular weight excluding hydrogens is 567 g/mol. The van der Waals surface area contributed by atoms with Gasteiger partial charge in [0.2, 0.25) is 0 Å². The summed E-state index contributed by atoms with van der Waals surface area (Å²) in [5.41, 5.74) is 0.830. The molecule has 0 amide bonds. The monoisotopic (exact) mass is 597 g/mol. The lowest BCUT2D eigenvalue weighted by molar-refractivity contribution is -0.152. The second-order valence-electron chi connectivity index (χ2n) is 10.8. The van der Waals surface area contributed by atoms with Crippen LogP contribution in [0.15, 0.2) is 83.9 Å². The van der Waals surface area contributed by atoms with Gasteiger partial charge in [-0.2, -0.15) is 18.3 Å². The number of aliphatic imine (C=N–C) groups is 1. The summed E-state index contributed by atoms with van der Waals surface area (Å²) in [7, 11) is 0. The molecule has 0 bridgehead atoms. The number of benzene rings is 3.